The Morgan fingerprint density at radius 3 is 2.87 bits per heavy atom. The van der Waals surface area contributed by atoms with Crippen LogP contribution in [0.1, 0.15) is 43.7 Å². The number of hydrogen-bond acceptors (Lipinski definition) is 1. The summed E-state index contributed by atoms with van der Waals surface area (Å²) in [5.41, 5.74) is 9.06. The highest BCUT2D eigenvalue weighted by atomic mass is 79.9. The fourth-order valence-corrected chi connectivity index (χ4v) is 2.90. The summed E-state index contributed by atoms with van der Waals surface area (Å²) >= 11 is 3.55. The predicted molar refractivity (Wildman–Crippen MR) is 68.2 cm³/mol. The minimum absolute atomic E-state index is 0.296. The van der Waals surface area contributed by atoms with Gasteiger partial charge in [0.2, 0.25) is 0 Å². The van der Waals surface area contributed by atoms with Crippen LogP contribution in [0.4, 0.5) is 0 Å². The van der Waals surface area contributed by atoms with Crippen molar-refractivity contribution >= 4 is 15.9 Å². The monoisotopic (exact) mass is 267 g/mol. The van der Waals surface area contributed by atoms with Crippen molar-refractivity contribution in [2.24, 2.45) is 5.73 Å². The number of hydrogen-bond donors (Lipinski definition) is 1. The highest BCUT2D eigenvalue weighted by Gasteiger charge is 2.31. The molecule has 0 spiro atoms. The quantitative estimate of drug-likeness (QED) is 0.828. The summed E-state index contributed by atoms with van der Waals surface area (Å²) in [6, 6.07) is 6.62. The van der Waals surface area contributed by atoms with E-state index in [1.807, 2.05) is 0 Å². The molecule has 0 fully saturated rings. The number of benzene rings is 1. The Bertz CT molecular complexity index is 371. The number of halogens is 1. The van der Waals surface area contributed by atoms with E-state index in [1.54, 1.807) is 0 Å². The van der Waals surface area contributed by atoms with Crippen molar-refractivity contribution < 1.29 is 0 Å². The van der Waals surface area contributed by atoms with Gasteiger partial charge in [0.05, 0.1) is 0 Å². The lowest BCUT2D eigenvalue weighted by Gasteiger charge is -2.37. The summed E-state index contributed by atoms with van der Waals surface area (Å²) in [5.74, 6) is 0.557. The normalized spacial score (nSPS) is 23.6. The van der Waals surface area contributed by atoms with Crippen molar-refractivity contribution in [3.63, 3.8) is 0 Å². The minimum atomic E-state index is 0.296. The lowest BCUT2D eigenvalue weighted by Crippen LogP contribution is -2.29. The lowest BCUT2D eigenvalue weighted by atomic mass is 9.69. The van der Waals surface area contributed by atoms with Crippen LogP contribution in [0.2, 0.25) is 0 Å². The van der Waals surface area contributed by atoms with Crippen LogP contribution in [0.3, 0.4) is 0 Å². The topological polar surface area (TPSA) is 26.0 Å². The maximum atomic E-state index is 5.83. The first-order chi connectivity index (χ1) is 7.04. The Hall–Kier alpha value is -0.340. The fraction of sp³-hybridized carbons (Fsp3) is 0.538. The zero-order chi connectivity index (χ0) is 11.1. The molecule has 0 saturated carbocycles. The molecule has 0 aromatic heterocycles. The number of fused-ring (bicyclic) bond motifs is 1. The molecule has 0 heterocycles. The largest absolute Gasteiger partial charge is 0.330 e. The van der Waals surface area contributed by atoms with Gasteiger partial charge in [-0.25, -0.2) is 0 Å². The van der Waals surface area contributed by atoms with Gasteiger partial charge in [0.25, 0.3) is 0 Å². The van der Waals surface area contributed by atoms with Crippen molar-refractivity contribution in [3.05, 3.63) is 33.8 Å². The third-order valence-electron chi connectivity index (χ3n) is 3.59. The molecule has 1 aromatic rings. The molecule has 15 heavy (non-hydrogen) atoms. The summed E-state index contributed by atoms with van der Waals surface area (Å²) in [6.45, 7) is 5.42. The van der Waals surface area contributed by atoms with Crippen molar-refractivity contribution in [2.45, 2.75) is 38.0 Å². The summed E-state index contributed by atoms with van der Waals surface area (Å²) in [6.07, 6.45) is 2.45. The van der Waals surface area contributed by atoms with E-state index in [9.17, 15) is 0 Å². The smallest absolute Gasteiger partial charge is 0.0178 e. The molecule has 1 aliphatic carbocycles. The predicted octanol–water partition coefficient (Wildman–Crippen LogP) is 3.56. The van der Waals surface area contributed by atoms with Crippen LogP contribution in [0.5, 0.6) is 0 Å². The Morgan fingerprint density at radius 1 is 1.47 bits per heavy atom. The first kappa shape index (κ1) is 11.2. The van der Waals surface area contributed by atoms with Crippen molar-refractivity contribution in [2.75, 3.05) is 6.54 Å². The number of rotatable bonds is 1. The number of nitrogens with two attached hydrogens (primary N) is 1. The van der Waals surface area contributed by atoms with Crippen LogP contribution >= 0.6 is 15.9 Å². The third-order valence-corrected chi connectivity index (χ3v) is 4.08. The highest BCUT2D eigenvalue weighted by molar-refractivity contribution is 9.10. The Morgan fingerprint density at radius 2 is 2.20 bits per heavy atom. The fourth-order valence-electron chi connectivity index (χ4n) is 2.54. The van der Waals surface area contributed by atoms with Gasteiger partial charge in [-0.05, 0) is 54.0 Å². The molecule has 1 nitrogen and oxygen atoms in total. The van der Waals surface area contributed by atoms with Gasteiger partial charge in [0, 0.05) is 4.47 Å². The average Bonchev–Trinajstić information content (AvgIpc) is 2.19. The average molecular weight is 268 g/mol. The first-order valence-electron chi connectivity index (χ1n) is 5.54. The molecule has 0 bridgehead atoms. The molecule has 2 rings (SSSR count). The van der Waals surface area contributed by atoms with Gasteiger partial charge in [0.15, 0.2) is 0 Å². The lowest BCUT2D eigenvalue weighted by molar-refractivity contribution is 0.394. The van der Waals surface area contributed by atoms with E-state index in [4.69, 9.17) is 5.73 Å². The molecule has 2 heteroatoms. The standard InChI is InChI=1S/C13H18BrN/c1-13(2)6-5-9(8-15)11-4-3-10(14)7-12(11)13/h3-4,7,9H,5-6,8,15H2,1-2H3. The third kappa shape index (κ3) is 1.98. The van der Waals surface area contributed by atoms with Crippen molar-refractivity contribution in [1.82, 2.24) is 0 Å². The SMILES string of the molecule is CC1(C)CCC(CN)c2ccc(Br)cc21. The van der Waals surface area contributed by atoms with Crippen LogP contribution in [-0.4, -0.2) is 6.54 Å². The molecule has 0 aliphatic heterocycles. The van der Waals surface area contributed by atoms with Crippen LogP contribution in [0.25, 0.3) is 0 Å². The molecule has 1 unspecified atom stereocenters. The van der Waals surface area contributed by atoms with Gasteiger partial charge >= 0.3 is 0 Å². The van der Waals surface area contributed by atoms with Crippen LogP contribution < -0.4 is 5.73 Å². The molecule has 0 saturated heterocycles. The highest BCUT2D eigenvalue weighted by Crippen LogP contribution is 2.42. The van der Waals surface area contributed by atoms with E-state index in [0.29, 0.717) is 11.3 Å². The zero-order valence-electron chi connectivity index (χ0n) is 9.39. The van der Waals surface area contributed by atoms with E-state index in [-0.39, 0.29) is 0 Å². The van der Waals surface area contributed by atoms with Gasteiger partial charge in [0.1, 0.15) is 0 Å². The van der Waals surface area contributed by atoms with Crippen LogP contribution in [0.15, 0.2) is 22.7 Å². The molecule has 0 amide bonds. The van der Waals surface area contributed by atoms with Gasteiger partial charge in [-0.2, -0.15) is 0 Å². The van der Waals surface area contributed by atoms with Crippen molar-refractivity contribution in [1.29, 1.82) is 0 Å². The second kappa shape index (κ2) is 3.91. The molecular formula is C13H18BrN. The Kier molecular flexibility index (Phi) is 2.91. The van der Waals surface area contributed by atoms with E-state index in [2.05, 4.69) is 48.0 Å². The maximum absolute atomic E-state index is 5.83. The molecular weight excluding hydrogens is 250 g/mol. The second-order valence-corrected chi connectivity index (χ2v) is 6.00. The van der Waals surface area contributed by atoms with Crippen LogP contribution in [0, 0.1) is 0 Å². The van der Waals surface area contributed by atoms with E-state index in [1.165, 1.54) is 28.4 Å². The van der Waals surface area contributed by atoms with Crippen LogP contribution in [-0.2, 0) is 5.41 Å². The zero-order valence-corrected chi connectivity index (χ0v) is 11.0. The molecule has 1 atom stereocenters. The van der Waals surface area contributed by atoms with Crippen molar-refractivity contribution in [3.8, 4) is 0 Å². The van der Waals surface area contributed by atoms with Gasteiger partial charge in [-0.3, -0.25) is 0 Å². The van der Waals surface area contributed by atoms with E-state index < -0.39 is 0 Å². The summed E-state index contributed by atoms with van der Waals surface area (Å²) in [5, 5.41) is 0. The van der Waals surface area contributed by atoms with Gasteiger partial charge in [-0.1, -0.05) is 35.8 Å². The van der Waals surface area contributed by atoms with Gasteiger partial charge in [-0.15, -0.1) is 0 Å². The molecule has 1 aliphatic rings. The molecule has 2 N–H and O–H groups in total. The molecule has 1 aromatic carbocycles. The summed E-state index contributed by atoms with van der Waals surface area (Å²) in [4.78, 5) is 0. The Labute approximate surface area is 100 Å². The maximum Gasteiger partial charge on any atom is 0.0178 e. The summed E-state index contributed by atoms with van der Waals surface area (Å²) in [7, 11) is 0. The molecule has 0 radical (unpaired) electrons. The van der Waals surface area contributed by atoms with E-state index in [0.717, 1.165) is 6.54 Å². The van der Waals surface area contributed by atoms with E-state index >= 15 is 0 Å². The minimum Gasteiger partial charge on any atom is -0.330 e. The summed E-state index contributed by atoms with van der Waals surface area (Å²) < 4.78 is 1.17. The molecule has 82 valence electrons. The van der Waals surface area contributed by atoms with Gasteiger partial charge < -0.3 is 5.73 Å². The Balaban J connectivity index is 2.53. The second-order valence-electron chi connectivity index (χ2n) is 5.09. The first-order valence-corrected chi connectivity index (χ1v) is 6.34.